The number of halogens is 1. The van der Waals surface area contributed by atoms with Gasteiger partial charge in [0.15, 0.2) is 11.5 Å². The van der Waals surface area contributed by atoms with Crippen LogP contribution in [0.25, 0.3) is 56.0 Å². The highest BCUT2D eigenvalue weighted by molar-refractivity contribution is 5.97. The van der Waals surface area contributed by atoms with Crippen LogP contribution < -0.4 is 10.6 Å². The summed E-state index contributed by atoms with van der Waals surface area (Å²) in [5.41, 5.74) is 6.74. The summed E-state index contributed by atoms with van der Waals surface area (Å²) in [5, 5.41) is 14.7. The number of benzene rings is 1. The summed E-state index contributed by atoms with van der Waals surface area (Å²) in [6, 6.07) is 10.6. The fourth-order valence-electron chi connectivity index (χ4n) is 6.30. The van der Waals surface area contributed by atoms with E-state index in [9.17, 15) is 9.18 Å². The van der Waals surface area contributed by atoms with E-state index in [1.54, 1.807) is 24.8 Å². The van der Waals surface area contributed by atoms with Crippen molar-refractivity contribution in [2.24, 2.45) is 5.92 Å². The summed E-state index contributed by atoms with van der Waals surface area (Å²) in [5.74, 6) is 0.654. The van der Waals surface area contributed by atoms with Crippen molar-refractivity contribution >= 4 is 39.3 Å². The maximum atomic E-state index is 14.7. The largest absolute Gasteiger partial charge is 0.384 e. The van der Waals surface area contributed by atoms with E-state index >= 15 is 0 Å². The van der Waals surface area contributed by atoms with Gasteiger partial charge in [-0.3, -0.25) is 19.9 Å². The van der Waals surface area contributed by atoms with Gasteiger partial charge in [0.25, 0.3) is 0 Å². The molecule has 0 saturated heterocycles. The molecule has 0 radical (unpaired) electrons. The molecular weight excluding hydrogens is 595 g/mol. The first-order valence-electron chi connectivity index (χ1n) is 16.0. The minimum absolute atomic E-state index is 0.0179. The number of aromatic amines is 2. The third-order valence-corrected chi connectivity index (χ3v) is 8.67. The molecule has 5 aromatic heterocycles. The highest BCUT2D eigenvalue weighted by Crippen LogP contribution is 2.33. The van der Waals surface area contributed by atoms with E-state index in [1.165, 1.54) is 31.4 Å². The van der Waals surface area contributed by atoms with E-state index in [0.29, 0.717) is 64.2 Å². The van der Waals surface area contributed by atoms with Crippen LogP contribution >= 0.6 is 0 Å². The Balaban J connectivity index is 1.16. The number of likely N-dealkylation sites (N-methyl/N-ethyl adjacent to an activating group) is 1. The number of pyridine rings is 3. The van der Waals surface area contributed by atoms with Gasteiger partial charge < -0.3 is 20.5 Å². The van der Waals surface area contributed by atoms with Crippen LogP contribution in [-0.2, 0) is 4.79 Å². The van der Waals surface area contributed by atoms with Gasteiger partial charge in [-0.15, -0.1) is 0 Å². The van der Waals surface area contributed by atoms with Crippen LogP contribution in [0.3, 0.4) is 0 Å². The highest BCUT2D eigenvalue weighted by Gasteiger charge is 2.19. The van der Waals surface area contributed by atoms with Gasteiger partial charge in [0.2, 0.25) is 5.91 Å². The normalized spacial score (nSPS) is 13.9. The number of hydrogen-bond donors (Lipinski definition) is 4. The summed E-state index contributed by atoms with van der Waals surface area (Å²) >= 11 is 0. The van der Waals surface area contributed by atoms with Gasteiger partial charge in [0, 0.05) is 54.1 Å². The number of nitrogens with zero attached hydrogens (tertiary/aromatic N) is 6. The molecule has 1 amide bonds. The first kappa shape index (κ1) is 30.4. The van der Waals surface area contributed by atoms with Crippen LogP contribution in [0.5, 0.6) is 0 Å². The number of anilines is 2. The lowest BCUT2D eigenvalue weighted by atomic mass is 9.87. The van der Waals surface area contributed by atoms with Crippen molar-refractivity contribution in [2.45, 2.75) is 38.5 Å². The van der Waals surface area contributed by atoms with Crippen LogP contribution in [0, 0.1) is 11.7 Å². The number of H-pyrrole nitrogens is 2. The number of rotatable bonds is 10. The molecular formula is C35H37FN10O. The maximum absolute atomic E-state index is 14.7. The molecule has 6 aromatic rings. The molecule has 1 saturated carbocycles. The number of aromatic nitrogens is 7. The van der Waals surface area contributed by atoms with Gasteiger partial charge in [-0.1, -0.05) is 19.3 Å². The number of carbonyl (C=O) groups excluding carboxylic acids is 1. The van der Waals surface area contributed by atoms with Crippen molar-refractivity contribution in [3.8, 4) is 33.9 Å². The van der Waals surface area contributed by atoms with Crippen LogP contribution in [0.2, 0.25) is 0 Å². The van der Waals surface area contributed by atoms with Gasteiger partial charge >= 0.3 is 0 Å². The molecule has 4 N–H and O–H groups in total. The fraction of sp³-hybridized carbons (Fsp3) is 0.314. The summed E-state index contributed by atoms with van der Waals surface area (Å²) in [4.78, 5) is 36.5. The van der Waals surface area contributed by atoms with E-state index < -0.39 is 0 Å². The topological polar surface area (TPSA) is 140 Å². The molecule has 0 bridgehead atoms. The standard InChI is InChI=1S/C35H37FN10O/c1-46(2)11-10-38-25-14-22(13-24(36)16-25)27-8-9-39-34-32(27)42-35(43-34)33-28-17-29(40-20-30(28)44-45-33)23-15-26(19-37-18-23)41-31(47)12-21-6-4-3-5-7-21/h8-9,13-21,38H,3-7,10-12H2,1-2H3,(H,41,47)(H,44,45)(H,39,42,43). The first-order chi connectivity index (χ1) is 22.9. The minimum atomic E-state index is -0.337. The van der Waals surface area contributed by atoms with Crippen molar-refractivity contribution in [1.82, 2.24) is 40.0 Å². The van der Waals surface area contributed by atoms with E-state index in [0.717, 1.165) is 41.4 Å². The molecule has 47 heavy (non-hydrogen) atoms. The molecule has 1 aliphatic rings. The van der Waals surface area contributed by atoms with Gasteiger partial charge in [-0.25, -0.2) is 14.4 Å². The van der Waals surface area contributed by atoms with Crippen LogP contribution in [-0.4, -0.2) is 73.1 Å². The Morgan fingerprint density at radius 3 is 2.70 bits per heavy atom. The number of amides is 1. The molecule has 11 nitrogen and oxygen atoms in total. The Labute approximate surface area is 271 Å². The third-order valence-electron chi connectivity index (χ3n) is 8.67. The monoisotopic (exact) mass is 632 g/mol. The van der Waals surface area contributed by atoms with E-state index in [-0.39, 0.29) is 11.7 Å². The number of nitrogens with one attached hydrogen (secondary N) is 4. The lowest BCUT2D eigenvalue weighted by Crippen LogP contribution is -2.20. The number of carbonyl (C=O) groups is 1. The Hall–Kier alpha value is -5.23. The molecule has 1 aliphatic carbocycles. The van der Waals surface area contributed by atoms with Crippen molar-refractivity contribution in [3.63, 3.8) is 0 Å². The van der Waals surface area contributed by atoms with Gasteiger partial charge in [-0.05, 0) is 74.8 Å². The van der Waals surface area contributed by atoms with Gasteiger partial charge in [0.05, 0.1) is 29.3 Å². The fourth-order valence-corrected chi connectivity index (χ4v) is 6.30. The second-order valence-electron chi connectivity index (χ2n) is 12.5. The van der Waals surface area contributed by atoms with Crippen molar-refractivity contribution in [1.29, 1.82) is 0 Å². The Morgan fingerprint density at radius 1 is 1.00 bits per heavy atom. The Bertz CT molecular complexity index is 2050. The molecule has 5 heterocycles. The minimum Gasteiger partial charge on any atom is -0.384 e. The molecule has 1 fully saturated rings. The predicted molar refractivity (Wildman–Crippen MR) is 182 cm³/mol. The molecule has 1 aromatic carbocycles. The highest BCUT2D eigenvalue weighted by atomic mass is 19.1. The molecule has 7 rings (SSSR count). The molecule has 0 aliphatic heterocycles. The van der Waals surface area contributed by atoms with Crippen molar-refractivity contribution in [3.05, 3.63) is 67.0 Å². The molecule has 0 spiro atoms. The average molecular weight is 633 g/mol. The zero-order chi connectivity index (χ0) is 32.3. The van der Waals surface area contributed by atoms with Crippen LogP contribution in [0.4, 0.5) is 15.8 Å². The Morgan fingerprint density at radius 2 is 1.85 bits per heavy atom. The van der Waals surface area contributed by atoms with E-state index in [2.05, 4.69) is 45.7 Å². The summed E-state index contributed by atoms with van der Waals surface area (Å²) in [6.45, 7) is 1.51. The number of fused-ring (bicyclic) bond motifs is 2. The molecule has 0 unspecified atom stereocenters. The first-order valence-corrected chi connectivity index (χ1v) is 16.0. The number of hydrogen-bond acceptors (Lipinski definition) is 8. The second kappa shape index (κ2) is 13.2. The average Bonchev–Trinajstić information content (AvgIpc) is 3.69. The van der Waals surface area contributed by atoms with Crippen LogP contribution in [0.15, 0.2) is 61.2 Å². The molecule has 240 valence electrons. The number of imidazole rings is 1. The lowest BCUT2D eigenvalue weighted by molar-refractivity contribution is -0.117. The van der Waals surface area contributed by atoms with Crippen LogP contribution in [0.1, 0.15) is 38.5 Å². The Kier molecular flexibility index (Phi) is 8.58. The summed E-state index contributed by atoms with van der Waals surface area (Å²) in [7, 11) is 3.99. The molecule has 12 heteroatoms. The second-order valence-corrected chi connectivity index (χ2v) is 12.5. The predicted octanol–water partition coefficient (Wildman–Crippen LogP) is 6.65. The van der Waals surface area contributed by atoms with Crippen molar-refractivity contribution < 1.29 is 9.18 Å². The maximum Gasteiger partial charge on any atom is 0.224 e. The van der Waals surface area contributed by atoms with Gasteiger partial charge in [-0.2, -0.15) is 5.10 Å². The van der Waals surface area contributed by atoms with E-state index in [4.69, 9.17) is 4.98 Å². The van der Waals surface area contributed by atoms with E-state index in [1.807, 2.05) is 38.4 Å². The quantitative estimate of drug-likeness (QED) is 0.132. The van der Waals surface area contributed by atoms with Crippen molar-refractivity contribution in [2.75, 3.05) is 37.8 Å². The smallest absolute Gasteiger partial charge is 0.224 e. The summed E-state index contributed by atoms with van der Waals surface area (Å²) < 4.78 is 14.7. The van der Waals surface area contributed by atoms with Gasteiger partial charge in [0.1, 0.15) is 17.0 Å². The zero-order valence-electron chi connectivity index (χ0n) is 26.5. The molecule has 0 atom stereocenters. The lowest BCUT2D eigenvalue weighted by Gasteiger charge is -2.20. The zero-order valence-corrected chi connectivity index (χ0v) is 26.5. The SMILES string of the molecule is CN(C)CCNc1cc(F)cc(-c2ccnc3[nH]c(-c4n[nH]c5cnc(-c6cncc(NC(=O)CC7CCCCC7)c6)cc45)nc23)c1. The summed E-state index contributed by atoms with van der Waals surface area (Å²) in [6.07, 6.45) is 13.2. The third kappa shape index (κ3) is 6.82.